The predicted molar refractivity (Wildman–Crippen MR) is 83.5 cm³/mol. The number of carbonyl (C=O) groups excluding carboxylic acids is 1. The van der Waals surface area contributed by atoms with Crippen molar-refractivity contribution < 1.29 is 14.1 Å². The predicted octanol–water partition coefficient (Wildman–Crippen LogP) is 2.58. The molecule has 3 nitrogen and oxygen atoms in total. The summed E-state index contributed by atoms with van der Waals surface area (Å²) in [5.74, 6) is 0.600. The Kier molecular flexibility index (Phi) is 9.04. The number of ketones is 1. The van der Waals surface area contributed by atoms with E-state index in [1.165, 1.54) is 6.08 Å². The molecule has 5 heteroatoms. The van der Waals surface area contributed by atoms with Crippen LogP contribution in [-0.2, 0) is 14.1 Å². The highest BCUT2D eigenvalue weighted by Crippen LogP contribution is 1.99. The van der Waals surface area contributed by atoms with Crippen molar-refractivity contribution in [3.63, 3.8) is 0 Å². The lowest BCUT2D eigenvalue weighted by atomic mass is 9.79. The van der Waals surface area contributed by atoms with Crippen molar-refractivity contribution in [2.45, 2.75) is 19.3 Å². The average molecular weight is 295 g/mol. The van der Waals surface area contributed by atoms with Crippen LogP contribution in [0.1, 0.15) is 19.3 Å². The zero-order chi connectivity index (χ0) is 14.6. The average Bonchev–Trinajstić information content (AvgIpc) is 2.50. The van der Waals surface area contributed by atoms with Crippen LogP contribution in [-0.4, -0.2) is 32.0 Å². The van der Waals surface area contributed by atoms with Crippen molar-refractivity contribution in [1.82, 2.24) is 0 Å². The molecule has 0 heterocycles. The zero-order valence-electron chi connectivity index (χ0n) is 11.6. The number of benzene rings is 1. The van der Waals surface area contributed by atoms with E-state index in [9.17, 15) is 4.79 Å². The Labute approximate surface area is 126 Å². The minimum absolute atomic E-state index is 0.0351. The van der Waals surface area contributed by atoms with Crippen LogP contribution in [0.5, 0.6) is 0 Å². The van der Waals surface area contributed by atoms with E-state index in [-0.39, 0.29) is 5.78 Å². The van der Waals surface area contributed by atoms with Gasteiger partial charge in [-0.2, -0.15) is 0 Å². The number of allylic oxidation sites excluding steroid dienone is 1. The summed E-state index contributed by atoms with van der Waals surface area (Å²) < 4.78 is 11.4. The second-order valence-electron chi connectivity index (χ2n) is 4.30. The maximum absolute atomic E-state index is 11.1. The molecule has 0 atom stereocenters. The minimum atomic E-state index is -0.404. The molecule has 0 spiro atoms. The van der Waals surface area contributed by atoms with Crippen LogP contribution in [0.2, 0.25) is 0 Å². The van der Waals surface area contributed by atoms with Crippen LogP contribution < -0.4 is 5.46 Å². The quantitative estimate of drug-likeness (QED) is 0.272. The summed E-state index contributed by atoms with van der Waals surface area (Å²) in [5.41, 5.74) is 0.970. The highest BCUT2D eigenvalue weighted by molar-refractivity contribution is 6.61. The molecule has 1 aromatic carbocycles. The lowest BCUT2D eigenvalue weighted by Crippen LogP contribution is -2.37. The number of alkyl halides is 1. The fourth-order valence-electron chi connectivity index (χ4n) is 1.63. The highest BCUT2D eigenvalue weighted by Gasteiger charge is 2.20. The summed E-state index contributed by atoms with van der Waals surface area (Å²) in [5, 5.41) is 0. The molecule has 0 aliphatic carbocycles. The van der Waals surface area contributed by atoms with Crippen LogP contribution in [0, 0.1) is 0 Å². The SMILES string of the molecule is C=CC(=O)CCCOB(OCCCCl)c1ccccc1. The van der Waals surface area contributed by atoms with Gasteiger partial charge >= 0.3 is 7.12 Å². The molecular formula is C15H20BClO3. The lowest BCUT2D eigenvalue weighted by molar-refractivity contribution is -0.114. The van der Waals surface area contributed by atoms with Crippen molar-refractivity contribution in [3.8, 4) is 0 Å². The summed E-state index contributed by atoms with van der Waals surface area (Å²) in [6, 6.07) is 9.75. The van der Waals surface area contributed by atoms with E-state index in [4.69, 9.17) is 20.9 Å². The van der Waals surface area contributed by atoms with Gasteiger partial charge in [-0.15, -0.1) is 11.6 Å². The number of carbonyl (C=O) groups is 1. The fraction of sp³-hybridized carbons (Fsp3) is 0.400. The van der Waals surface area contributed by atoms with E-state index >= 15 is 0 Å². The summed E-state index contributed by atoms with van der Waals surface area (Å²) >= 11 is 5.64. The molecule has 0 N–H and O–H groups in total. The Balaban J connectivity index is 2.42. The molecule has 0 unspecified atom stereocenters. The molecule has 0 radical (unpaired) electrons. The first-order valence-electron chi connectivity index (χ1n) is 6.77. The largest absolute Gasteiger partial charge is 0.493 e. The highest BCUT2D eigenvalue weighted by atomic mass is 35.5. The summed E-state index contributed by atoms with van der Waals surface area (Å²) in [6.07, 6.45) is 3.23. The molecule has 1 aromatic rings. The van der Waals surface area contributed by atoms with E-state index in [0.29, 0.717) is 31.9 Å². The molecule has 0 aliphatic heterocycles. The van der Waals surface area contributed by atoms with E-state index in [2.05, 4.69) is 6.58 Å². The van der Waals surface area contributed by atoms with Gasteiger partial charge in [0.25, 0.3) is 0 Å². The van der Waals surface area contributed by atoms with Crippen molar-refractivity contribution in [2.24, 2.45) is 0 Å². The van der Waals surface area contributed by atoms with Crippen molar-refractivity contribution >= 4 is 30.0 Å². The fourth-order valence-corrected chi connectivity index (χ4v) is 1.74. The molecule has 0 aliphatic rings. The third-order valence-corrected chi connectivity index (χ3v) is 2.95. The van der Waals surface area contributed by atoms with Crippen molar-refractivity contribution in [3.05, 3.63) is 43.0 Å². The van der Waals surface area contributed by atoms with E-state index in [1.807, 2.05) is 30.3 Å². The normalized spacial score (nSPS) is 10.2. The smallest absolute Gasteiger partial charge is 0.407 e. The molecule has 0 amide bonds. The van der Waals surface area contributed by atoms with Crippen LogP contribution in [0.3, 0.4) is 0 Å². The third-order valence-electron chi connectivity index (χ3n) is 2.68. The van der Waals surface area contributed by atoms with Crippen molar-refractivity contribution in [1.29, 1.82) is 0 Å². The van der Waals surface area contributed by atoms with Crippen LogP contribution in [0.4, 0.5) is 0 Å². The Hall–Kier alpha value is -1.10. The molecule has 20 heavy (non-hydrogen) atoms. The van der Waals surface area contributed by atoms with Gasteiger partial charge < -0.3 is 9.31 Å². The zero-order valence-corrected chi connectivity index (χ0v) is 12.3. The Morgan fingerprint density at radius 1 is 1.20 bits per heavy atom. The van der Waals surface area contributed by atoms with E-state index < -0.39 is 7.12 Å². The van der Waals surface area contributed by atoms with Gasteiger partial charge in [0.2, 0.25) is 0 Å². The van der Waals surface area contributed by atoms with E-state index in [0.717, 1.165) is 11.9 Å². The molecule has 108 valence electrons. The molecule has 0 saturated heterocycles. The van der Waals surface area contributed by atoms with Crippen molar-refractivity contribution in [2.75, 3.05) is 19.1 Å². The van der Waals surface area contributed by atoms with Gasteiger partial charge in [-0.05, 0) is 24.4 Å². The lowest BCUT2D eigenvalue weighted by Gasteiger charge is -2.14. The Bertz CT molecular complexity index is 397. The third kappa shape index (κ3) is 6.89. The first-order chi connectivity index (χ1) is 9.77. The summed E-state index contributed by atoms with van der Waals surface area (Å²) in [7, 11) is -0.404. The summed E-state index contributed by atoms with van der Waals surface area (Å²) in [4.78, 5) is 11.1. The van der Waals surface area contributed by atoms with Crippen LogP contribution >= 0.6 is 11.6 Å². The van der Waals surface area contributed by atoms with Gasteiger partial charge in [-0.1, -0.05) is 36.9 Å². The molecular weight excluding hydrogens is 274 g/mol. The number of halogens is 1. The standard InChI is InChI=1S/C15H20BClO3/c1-2-15(18)10-6-12-19-16(20-13-7-11-17)14-8-4-3-5-9-14/h2-5,8-9H,1,6-7,10-13H2. The first-order valence-corrected chi connectivity index (χ1v) is 7.30. The maximum Gasteiger partial charge on any atom is 0.493 e. The molecule has 0 fully saturated rings. The van der Waals surface area contributed by atoms with Gasteiger partial charge in [0.1, 0.15) is 0 Å². The molecule has 0 aromatic heterocycles. The summed E-state index contributed by atoms with van der Waals surface area (Å²) in [6.45, 7) is 4.47. The maximum atomic E-state index is 11.1. The first kappa shape index (κ1) is 17.0. The van der Waals surface area contributed by atoms with Gasteiger partial charge in [0.15, 0.2) is 5.78 Å². The second kappa shape index (κ2) is 10.7. The number of hydrogen-bond acceptors (Lipinski definition) is 3. The van der Waals surface area contributed by atoms with Crippen LogP contribution in [0.25, 0.3) is 0 Å². The minimum Gasteiger partial charge on any atom is -0.407 e. The van der Waals surface area contributed by atoms with E-state index in [1.54, 1.807) is 0 Å². The van der Waals surface area contributed by atoms with Crippen LogP contribution in [0.15, 0.2) is 43.0 Å². The number of rotatable bonds is 11. The molecule has 0 saturated carbocycles. The molecule has 1 rings (SSSR count). The monoisotopic (exact) mass is 294 g/mol. The van der Waals surface area contributed by atoms with Gasteiger partial charge in [-0.3, -0.25) is 4.79 Å². The van der Waals surface area contributed by atoms with Gasteiger partial charge in [0, 0.05) is 25.5 Å². The Morgan fingerprint density at radius 2 is 1.85 bits per heavy atom. The van der Waals surface area contributed by atoms with Gasteiger partial charge in [-0.25, -0.2) is 0 Å². The Morgan fingerprint density at radius 3 is 2.45 bits per heavy atom. The topological polar surface area (TPSA) is 35.5 Å². The second-order valence-corrected chi connectivity index (χ2v) is 4.68. The molecule has 0 bridgehead atoms. The van der Waals surface area contributed by atoms with Gasteiger partial charge in [0.05, 0.1) is 0 Å². The number of hydrogen-bond donors (Lipinski definition) is 0.